The maximum Gasteiger partial charge on any atom is 0.171 e. The first-order chi connectivity index (χ1) is 13.5. The van der Waals surface area contributed by atoms with Gasteiger partial charge < -0.3 is 15.5 Å². The monoisotopic (exact) mass is 416 g/mol. The van der Waals surface area contributed by atoms with Crippen molar-refractivity contribution in [2.24, 2.45) is 0 Å². The molecule has 6 heteroatoms. The molecular weight excluding hydrogens is 384 g/mol. The third-order valence-electron chi connectivity index (χ3n) is 5.77. The van der Waals surface area contributed by atoms with E-state index in [0.29, 0.717) is 11.2 Å². The molecule has 3 rings (SSSR count). The van der Waals surface area contributed by atoms with Crippen molar-refractivity contribution in [2.45, 2.75) is 39.8 Å². The molecule has 1 fully saturated rings. The van der Waals surface area contributed by atoms with Crippen molar-refractivity contribution in [1.82, 2.24) is 15.1 Å². The Kier molecular flexibility index (Phi) is 7.46. The number of likely N-dealkylation sites (N-methyl/N-ethyl adjacent to an activating group) is 1. The van der Waals surface area contributed by atoms with Gasteiger partial charge >= 0.3 is 0 Å². The summed E-state index contributed by atoms with van der Waals surface area (Å²) < 4.78 is 0. The van der Waals surface area contributed by atoms with E-state index in [9.17, 15) is 0 Å². The third-order valence-corrected chi connectivity index (χ3v) is 6.93. The van der Waals surface area contributed by atoms with Crippen LogP contribution in [0.2, 0.25) is 0 Å². The lowest BCUT2D eigenvalue weighted by Crippen LogP contribution is -2.52. The Bertz CT molecular complexity index is 767. The summed E-state index contributed by atoms with van der Waals surface area (Å²) in [6, 6.07) is 11.2. The van der Waals surface area contributed by atoms with E-state index >= 15 is 0 Å². The van der Waals surface area contributed by atoms with Crippen LogP contribution in [0, 0.1) is 13.8 Å². The van der Waals surface area contributed by atoms with E-state index in [2.05, 4.69) is 83.8 Å². The fraction of sp³-hybridized carbons (Fsp3) is 0.500. The summed E-state index contributed by atoms with van der Waals surface area (Å²) in [6.45, 7) is 14.3. The number of rotatable bonds is 6. The summed E-state index contributed by atoms with van der Waals surface area (Å²) in [5.41, 5.74) is 3.59. The second kappa shape index (κ2) is 9.83. The SMILES string of the molecule is CCN1CCN([C@@H](c2cccs2)[C@H](C)NC(=S)Nc2cccc(C)c2C)CC1. The Labute approximate surface area is 178 Å². The number of benzene rings is 1. The number of hydrogen-bond donors (Lipinski definition) is 2. The van der Waals surface area contributed by atoms with Gasteiger partial charge in [0.1, 0.15) is 0 Å². The number of thiocarbonyl (C=S) groups is 1. The molecule has 1 saturated heterocycles. The normalized spacial score (nSPS) is 17.9. The first-order valence-electron chi connectivity index (χ1n) is 10.1. The molecule has 1 aromatic heterocycles. The van der Waals surface area contributed by atoms with Crippen molar-refractivity contribution in [3.8, 4) is 0 Å². The van der Waals surface area contributed by atoms with E-state index in [1.807, 2.05) is 11.3 Å². The summed E-state index contributed by atoms with van der Waals surface area (Å²) in [7, 11) is 0. The predicted molar refractivity (Wildman–Crippen MR) is 125 cm³/mol. The van der Waals surface area contributed by atoms with Gasteiger partial charge in [-0.25, -0.2) is 0 Å². The number of thiophene rings is 1. The minimum Gasteiger partial charge on any atom is -0.358 e. The highest BCUT2D eigenvalue weighted by Crippen LogP contribution is 2.29. The minimum atomic E-state index is 0.219. The average Bonchev–Trinajstić information content (AvgIpc) is 3.20. The van der Waals surface area contributed by atoms with E-state index in [0.717, 1.165) is 38.4 Å². The topological polar surface area (TPSA) is 30.5 Å². The van der Waals surface area contributed by atoms with Crippen molar-refractivity contribution >= 4 is 34.4 Å². The van der Waals surface area contributed by atoms with Gasteiger partial charge in [0, 0.05) is 42.8 Å². The van der Waals surface area contributed by atoms with Gasteiger partial charge in [-0.3, -0.25) is 4.90 Å². The van der Waals surface area contributed by atoms with Gasteiger partial charge in [-0.2, -0.15) is 0 Å². The smallest absolute Gasteiger partial charge is 0.171 e. The Hall–Kier alpha value is -1.47. The maximum atomic E-state index is 5.66. The van der Waals surface area contributed by atoms with Crippen molar-refractivity contribution < 1.29 is 0 Å². The summed E-state index contributed by atoms with van der Waals surface area (Å²) in [4.78, 5) is 6.53. The maximum absolute atomic E-state index is 5.66. The second-order valence-corrected chi connectivity index (χ2v) is 8.95. The Morgan fingerprint density at radius 3 is 2.54 bits per heavy atom. The first kappa shape index (κ1) is 21.2. The summed E-state index contributed by atoms with van der Waals surface area (Å²) >= 11 is 7.49. The van der Waals surface area contributed by atoms with Crippen molar-refractivity contribution in [3.05, 3.63) is 51.7 Å². The lowest BCUT2D eigenvalue weighted by Gasteiger charge is -2.41. The molecule has 28 heavy (non-hydrogen) atoms. The molecule has 0 amide bonds. The lowest BCUT2D eigenvalue weighted by molar-refractivity contribution is 0.0883. The predicted octanol–water partition coefficient (Wildman–Crippen LogP) is 4.42. The van der Waals surface area contributed by atoms with Crippen molar-refractivity contribution in [2.75, 3.05) is 38.0 Å². The molecule has 0 unspecified atom stereocenters. The summed E-state index contributed by atoms with van der Waals surface area (Å²) in [5.74, 6) is 0. The van der Waals surface area contributed by atoms with Crippen LogP contribution in [0.3, 0.4) is 0 Å². The quantitative estimate of drug-likeness (QED) is 0.681. The number of nitrogens with zero attached hydrogens (tertiary/aromatic N) is 2. The van der Waals surface area contributed by atoms with Crippen LogP contribution >= 0.6 is 23.6 Å². The van der Waals surface area contributed by atoms with Gasteiger partial charge in [0.05, 0.1) is 6.04 Å². The second-order valence-electron chi connectivity index (χ2n) is 7.57. The van der Waals surface area contributed by atoms with Crippen LogP contribution in [-0.4, -0.2) is 53.7 Å². The number of anilines is 1. The van der Waals surface area contributed by atoms with Gasteiger partial charge in [0.25, 0.3) is 0 Å². The molecule has 1 aromatic carbocycles. The molecule has 2 aromatic rings. The molecule has 0 radical (unpaired) electrons. The molecule has 0 aliphatic carbocycles. The molecular formula is C22H32N4S2. The van der Waals surface area contributed by atoms with Crippen LogP contribution < -0.4 is 10.6 Å². The lowest BCUT2D eigenvalue weighted by atomic mass is 10.0. The highest BCUT2D eigenvalue weighted by molar-refractivity contribution is 7.80. The van der Waals surface area contributed by atoms with E-state index in [-0.39, 0.29) is 6.04 Å². The van der Waals surface area contributed by atoms with E-state index in [1.54, 1.807) is 0 Å². The molecule has 2 atom stereocenters. The number of nitrogens with one attached hydrogen (secondary N) is 2. The van der Waals surface area contributed by atoms with Crippen molar-refractivity contribution in [1.29, 1.82) is 0 Å². The van der Waals surface area contributed by atoms with Gasteiger partial charge in [-0.05, 0) is 68.2 Å². The number of hydrogen-bond acceptors (Lipinski definition) is 4. The summed E-state index contributed by atoms with van der Waals surface area (Å²) in [6.07, 6.45) is 0. The van der Waals surface area contributed by atoms with E-state index in [1.165, 1.54) is 16.0 Å². The van der Waals surface area contributed by atoms with Crippen LogP contribution in [-0.2, 0) is 0 Å². The molecule has 1 aliphatic rings. The molecule has 4 nitrogen and oxygen atoms in total. The van der Waals surface area contributed by atoms with Crippen LogP contribution in [0.1, 0.15) is 35.9 Å². The molecule has 0 bridgehead atoms. The Morgan fingerprint density at radius 1 is 1.14 bits per heavy atom. The van der Waals surface area contributed by atoms with Gasteiger partial charge in [-0.1, -0.05) is 25.1 Å². The fourth-order valence-electron chi connectivity index (χ4n) is 3.89. The Balaban J connectivity index is 1.68. The highest BCUT2D eigenvalue weighted by atomic mass is 32.1. The van der Waals surface area contributed by atoms with Gasteiger partial charge in [0.2, 0.25) is 0 Å². The zero-order valence-electron chi connectivity index (χ0n) is 17.4. The molecule has 2 heterocycles. The standard InChI is InChI=1S/C22H32N4S2/c1-5-25-11-13-26(14-12-25)21(20-10-7-15-28-20)18(4)23-22(27)24-19-9-6-8-16(2)17(19)3/h6-10,15,18,21H,5,11-14H2,1-4H3,(H2,23,24,27)/t18-,21+/m0/s1. The van der Waals surface area contributed by atoms with Gasteiger partial charge in [0.15, 0.2) is 5.11 Å². The highest BCUT2D eigenvalue weighted by Gasteiger charge is 2.30. The van der Waals surface area contributed by atoms with Crippen LogP contribution in [0.4, 0.5) is 5.69 Å². The molecule has 2 N–H and O–H groups in total. The van der Waals surface area contributed by atoms with Crippen LogP contribution in [0.5, 0.6) is 0 Å². The van der Waals surface area contributed by atoms with Crippen LogP contribution in [0.15, 0.2) is 35.7 Å². The zero-order valence-corrected chi connectivity index (χ0v) is 19.0. The molecule has 152 valence electrons. The number of aryl methyl sites for hydroxylation is 1. The van der Waals surface area contributed by atoms with Crippen molar-refractivity contribution in [3.63, 3.8) is 0 Å². The van der Waals surface area contributed by atoms with Crippen LogP contribution in [0.25, 0.3) is 0 Å². The number of piperazine rings is 1. The minimum absolute atomic E-state index is 0.219. The molecule has 0 spiro atoms. The zero-order chi connectivity index (χ0) is 20.1. The summed E-state index contributed by atoms with van der Waals surface area (Å²) in [5, 5.41) is 9.82. The molecule has 1 aliphatic heterocycles. The van der Waals surface area contributed by atoms with Gasteiger partial charge in [-0.15, -0.1) is 11.3 Å². The third kappa shape index (κ3) is 5.11. The van der Waals surface area contributed by atoms with E-state index < -0.39 is 0 Å². The Morgan fingerprint density at radius 2 is 1.89 bits per heavy atom. The largest absolute Gasteiger partial charge is 0.358 e. The molecule has 0 saturated carbocycles. The average molecular weight is 417 g/mol. The van der Waals surface area contributed by atoms with E-state index in [4.69, 9.17) is 12.2 Å². The first-order valence-corrected chi connectivity index (χ1v) is 11.4. The fourth-order valence-corrected chi connectivity index (χ4v) is 5.15.